The highest BCUT2D eigenvalue weighted by Gasteiger charge is 2.10. The number of nitrogens with zero attached hydrogens (tertiary/aromatic N) is 1. The van der Waals surface area contributed by atoms with E-state index in [4.69, 9.17) is 11.6 Å². The maximum atomic E-state index is 11.3. The van der Waals surface area contributed by atoms with Crippen molar-refractivity contribution in [3.05, 3.63) is 34.3 Å². The first kappa shape index (κ1) is 14.0. The molecule has 94 valence electrons. The zero-order valence-corrected chi connectivity index (χ0v) is 11.3. The van der Waals surface area contributed by atoms with Crippen molar-refractivity contribution in [3.63, 3.8) is 0 Å². The fraction of sp³-hybridized carbons (Fsp3) is 0.462. The van der Waals surface area contributed by atoms with Gasteiger partial charge in [0.1, 0.15) is 0 Å². The molecule has 1 aromatic carbocycles. The Bertz CT molecular complexity index is 391. The van der Waals surface area contributed by atoms with Crippen molar-refractivity contribution >= 4 is 17.6 Å². The van der Waals surface area contributed by atoms with Crippen LogP contribution in [-0.2, 0) is 11.2 Å². The van der Waals surface area contributed by atoms with Crippen LogP contribution in [0.3, 0.4) is 0 Å². The monoisotopic (exact) mass is 255 g/mol. The average molecular weight is 256 g/mol. The molecule has 0 spiro atoms. The molecule has 1 aromatic rings. The summed E-state index contributed by atoms with van der Waals surface area (Å²) in [5.74, 6) is -0.394. The van der Waals surface area contributed by atoms with Crippen LogP contribution in [-0.4, -0.2) is 38.6 Å². The van der Waals surface area contributed by atoms with Crippen LogP contribution in [0.1, 0.15) is 22.3 Å². The molecule has 0 amide bonds. The van der Waals surface area contributed by atoms with Crippen LogP contribution >= 0.6 is 11.6 Å². The van der Waals surface area contributed by atoms with E-state index in [0.29, 0.717) is 10.6 Å². The van der Waals surface area contributed by atoms with E-state index in [-0.39, 0.29) is 0 Å². The van der Waals surface area contributed by atoms with Gasteiger partial charge in [-0.25, -0.2) is 4.79 Å². The molecule has 0 bridgehead atoms. The molecule has 0 aromatic heterocycles. The first-order valence-corrected chi connectivity index (χ1v) is 5.94. The Balaban J connectivity index is 2.65. The Morgan fingerprint density at radius 1 is 1.41 bits per heavy atom. The number of aryl methyl sites for hydroxylation is 1. The fourth-order valence-electron chi connectivity index (χ4n) is 1.59. The smallest absolute Gasteiger partial charge is 0.339 e. The molecule has 0 heterocycles. The van der Waals surface area contributed by atoms with E-state index in [2.05, 4.69) is 9.64 Å². The molecule has 0 radical (unpaired) electrons. The Hall–Kier alpha value is -1.06. The third kappa shape index (κ3) is 4.36. The van der Waals surface area contributed by atoms with Crippen molar-refractivity contribution < 1.29 is 9.53 Å². The number of hydrogen-bond donors (Lipinski definition) is 0. The Kier molecular flexibility index (Phi) is 5.45. The standard InChI is InChI=1S/C13H18ClNO2/c1-15(2)8-4-5-10-6-7-11(12(14)9-10)13(16)17-3/h6-7,9H,4-5,8H2,1-3H3. The number of methoxy groups -OCH3 is 1. The van der Waals surface area contributed by atoms with Gasteiger partial charge in [-0.3, -0.25) is 0 Å². The van der Waals surface area contributed by atoms with Gasteiger partial charge in [0.2, 0.25) is 0 Å². The van der Waals surface area contributed by atoms with E-state index in [9.17, 15) is 4.79 Å². The second-order valence-electron chi connectivity index (χ2n) is 4.21. The van der Waals surface area contributed by atoms with E-state index in [1.165, 1.54) is 7.11 Å². The number of carbonyl (C=O) groups is 1. The lowest BCUT2D eigenvalue weighted by atomic mass is 10.1. The zero-order chi connectivity index (χ0) is 12.8. The molecule has 0 fully saturated rings. The Morgan fingerprint density at radius 2 is 2.12 bits per heavy atom. The molecule has 0 atom stereocenters. The van der Waals surface area contributed by atoms with Gasteiger partial charge in [0.25, 0.3) is 0 Å². The van der Waals surface area contributed by atoms with Crippen LogP contribution in [0, 0.1) is 0 Å². The molecule has 1 rings (SSSR count). The molecule has 0 aliphatic heterocycles. The van der Waals surface area contributed by atoms with Gasteiger partial charge in [0, 0.05) is 0 Å². The predicted molar refractivity (Wildman–Crippen MR) is 69.7 cm³/mol. The molecular weight excluding hydrogens is 238 g/mol. The largest absolute Gasteiger partial charge is 0.465 e. The number of esters is 1. The number of ether oxygens (including phenoxy) is 1. The predicted octanol–water partition coefficient (Wildman–Crippen LogP) is 2.62. The Morgan fingerprint density at radius 3 is 2.65 bits per heavy atom. The van der Waals surface area contributed by atoms with Gasteiger partial charge in [0.05, 0.1) is 17.7 Å². The van der Waals surface area contributed by atoms with Crippen molar-refractivity contribution in [2.75, 3.05) is 27.7 Å². The van der Waals surface area contributed by atoms with Gasteiger partial charge in [-0.05, 0) is 51.2 Å². The zero-order valence-electron chi connectivity index (χ0n) is 10.5. The summed E-state index contributed by atoms with van der Waals surface area (Å²) in [6, 6.07) is 5.48. The van der Waals surface area contributed by atoms with Gasteiger partial charge in [-0.15, -0.1) is 0 Å². The first-order valence-electron chi connectivity index (χ1n) is 5.56. The van der Waals surface area contributed by atoms with Crippen LogP contribution in [0.15, 0.2) is 18.2 Å². The molecule has 0 aliphatic carbocycles. The summed E-state index contributed by atoms with van der Waals surface area (Å²) >= 11 is 6.03. The minimum absolute atomic E-state index is 0.394. The van der Waals surface area contributed by atoms with Crippen LogP contribution < -0.4 is 0 Å². The van der Waals surface area contributed by atoms with Crippen molar-refractivity contribution in [3.8, 4) is 0 Å². The molecule has 3 nitrogen and oxygen atoms in total. The second-order valence-corrected chi connectivity index (χ2v) is 4.62. The maximum absolute atomic E-state index is 11.3. The van der Waals surface area contributed by atoms with Gasteiger partial charge in [-0.2, -0.15) is 0 Å². The minimum atomic E-state index is -0.394. The molecule has 4 heteroatoms. The molecule has 0 aliphatic rings. The van der Waals surface area contributed by atoms with Gasteiger partial charge >= 0.3 is 5.97 Å². The molecule has 0 N–H and O–H groups in total. The lowest BCUT2D eigenvalue weighted by Crippen LogP contribution is -2.13. The van der Waals surface area contributed by atoms with Crippen LogP contribution in [0.25, 0.3) is 0 Å². The van der Waals surface area contributed by atoms with Crippen molar-refractivity contribution in [1.82, 2.24) is 4.90 Å². The topological polar surface area (TPSA) is 29.5 Å². The summed E-state index contributed by atoms with van der Waals surface area (Å²) in [6.07, 6.45) is 2.03. The van der Waals surface area contributed by atoms with Crippen molar-refractivity contribution in [2.45, 2.75) is 12.8 Å². The molecular formula is C13H18ClNO2. The molecule has 0 saturated heterocycles. The summed E-state index contributed by atoms with van der Waals surface area (Å²) in [4.78, 5) is 13.5. The maximum Gasteiger partial charge on any atom is 0.339 e. The summed E-state index contributed by atoms with van der Waals surface area (Å²) in [7, 11) is 5.45. The number of benzene rings is 1. The first-order chi connectivity index (χ1) is 8.04. The van der Waals surface area contributed by atoms with E-state index < -0.39 is 5.97 Å². The number of hydrogen-bond acceptors (Lipinski definition) is 3. The van der Waals surface area contributed by atoms with Crippen molar-refractivity contribution in [1.29, 1.82) is 0 Å². The van der Waals surface area contributed by atoms with E-state index in [1.807, 2.05) is 26.2 Å². The van der Waals surface area contributed by atoms with Crippen LogP contribution in [0.5, 0.6) is 0 Å². The Labute approximate surface area is 107 Å². The quantitative estimate of drug-likeness (QED) is 0.758. The summed E-state index contributed by atoms with van der Waals surface area (Å²) in [6.45, 7) is 1.04. The number of carbonyl (C=O) groups excluding carboxylic acids is 1. The summed E-state index contributed by atoms with van der Waals surface area (Å²) in [5.41, 5.74) is 1.56. The molecule has 17 heavy (non-hydrogen) atoms. The number of halogens is 1. The second kappa shape index (κ2) is 6.62. The molecule has 0 saturated carbocycles. The summed E-state index contributed by atoms with van der Waals surface area (Å²) in [5, 5.41) is 0.458. The van der Waals surface area contributed by atoms with Gasteiger partial charge in [-0.1, -0.05) is 17.7 Å². The SMILES string of the molecule is COC(=O)c1ccc(CCCN(C)C)cc1Cl. The minimum Gasteiger partial charge on any atom is -0.465 e. The van der Waals surface area contributed by atoms with Crippen molar-refractivity contribution in [2.24, 2.45) is 0 Å². The third-order valence-electron chi connectivity index (χ3n) is 2.51. The lowest BCUT2D eigenvalue weighted by molar-refractivity contribution is 0.0601. The van der Waals surface area contributed by atoms with E-state index in [1.54, 1.807) is 6.07 Å². The fourth-order valence-corrected chi connectivity index (χ4v) is 1.87. The normalized spacial score (nSPS) is 10.6. The number of rotatable bonds is 5. The molecule has 0 unspecified atom stereocenters. The highest BCUT2D eigenvalue weighted by molar-refractivity contribution is 6.33. The average Bonchev–Trinajstić information content (AvgIpc) is 2.28. The van der Waals surface area contributed by atoms with E-state index >= 15 is 0 Å². The highest BCUT2D eigenvalue weighted by atomic mass is 35.5. The van der Waals surface area contributed by atoms with Gasteiger partial charge < -0.3 is 9.64 Å². The third-order valence-corrected chi connectivity index (χ3v) is 2.82. The highest BCUT2D eigenvalue weighted by Crippen LogP contribution is 2.19. The van der Waals surface area contributed by atoms with E-state index in [0.717, 1.165) is 24.9 Å². The lowest BCUT2D eigenvalue weighted by Gasteiger charge is -2.09. The van der Waals surface area contributed by atoms with Gasteiger partial charge in [0.15, 0.2) is 0 Å². The van der Waals surface area contributed by atoms with Crippen LogP contribution in [0.2, 0.25) is 5.02 Å². The summed E-state index contributed by atoms with van der Waals surface area (Å²) < 4.78 is 4.64. The van der Waals surface area contributed by atoms with Crippen LogP contribution in [0.4, 0.5) is 0 Å².